The highest BCUT2D eigenvalue weighted by molar-refractivity contribution is 7.71. The molecule has 0 radical (unpaired) electrons. The first-order valence-corrected chi connectivity index (χ1v) is 10.8. The Hall–Kier alpha value is -2.03. The maximum absolute atomic E-state index is 12.9. The second kappa shape index (κ2) is 8.77. The molecule has 2 aliphatic rings. The summed E-state index contributed by atoms with van der Waals surface area (Å²) < 4.78 is 8.22. The van der Waals surface area contributed by atoms with Crippen LogP contribution in [0.3, 0.4) is 0 Å². The Balaban J connectivity index is 1.33. The van der Waals surface area contributed by atoms with Crippen LogP contribution in [0.1, 0.15) is 26.7 Å². The number of H-pyrrole nitrogens is 1. The fourth-order valence-corrected chi connectivity index (χ4v) is 4.51. The zero-order valence-corrected chi connectivity index (χ0v) is 17.9. The summed E-state index contributed by atoms with van der Waals surface area (Å²) in [5, 5.41) is 3.31. The molecule has 0 aliphatic carbocycles. The van der Waals surface area contributed by atoms with E-state index in [1.54, 1.807) is 0 Å². The third kappa shape index (κ3) is 4.76. The van der Waals surface area contributed by atoms with E-state index in [1.165, 1.54) is 0 Å². The van der Waals surface area contributed by atoms with Crippen LogP contribution in [0.4, 0.5) is 0 Å². The van der Waals surface area contributed by atoms with Crippen LogP contribution in [0, 0.1) is 10.7 Å². The largest absolute Gasteiger partial charge is 0.372 e. The zero-order valence-electron chi connectivity index (χ0n) is 17.1. The van der Waals surface area contributed by atoms with Gasteiger partial charge in [0.2, 0.25) is 10.7 Å². The van der Waals surface area contributed by atoms with Crippen molar-refractivity contribution in [1.29, 1.82) is 0 Å². The van der Waals surface area contributed by atoms with Crippen molar-refractivity contribution in [1.82, 2.24) is 24.6 Å². The van der Waals surface area contributed by atoms with E-state index >= 15 is 0 Å². The van der Waals surface area contributed by atoms with Crippen LogP contribution in [0.2, 0.25) is 0 Å². The van der Waals surface area contributed by atoms with Gasteiger partial charge in [-0.1, -0.05) is 30.3 Å². The Bertz CT molecular complexity index is 878. The zero-order chi connectivity index (χ0) is 20.4. The van der Waals surface area contributed by atoms with Crippen LogP contribution in [0.25, 0.3) is 11.4 Å². The number of hydrogen-bond donors (Lipinski definition) is 1. The van der Waals surface area contributed by atoms with Gasteiger partial charge in [0.1, 0.15) is 0 Å². The predicted molar refractivity (Wildman–Crippen MR) is 114 cm³/mol. The summed E-state index contributed by atoms with van der Waals surface area (Å²) >= 11 is 5.43. The van der Waals surface area contributed by atoms with Gasteiger partial charge in [0, 0.05) is 37.7 Å². The molecule has 2 aliphatic heterocycles. The molecule has 156 valence electrons. The van der Waals surface area contributed by atoms with Gasteiger partial charge in [-0.3, -0.25) is 14.8 Å². The van der Waals surface area contributed by atoms with Crippen LogP contribution in [-0.2, 0) is 16.2 Å². The summed E-state index contributed by atoms with van der Waals surface area (Å²) in [6, 6.07) is 10.00. The van der Waals surface area contributed by atoms with Gasteiger partial charge in [-0.15, -0.1) is 0 Å². The first-order valence-electron chi connectivity index (χ1n) is 10.4. The fourth-order valence-electron chi connectivity index (χ4n) is 4.31. The first kappa shape index (κ1) is 20.3. The van der Waals surface area contributed by atoms with E-state index < -0.39 is 0 Å². The Kier molecular flexibility index (Phi) is 6.12. The molecule has 8 heteroatoms. The van der Waals surface area contributed by atoms with E-state index in [1.807, 2.05) is 53.8 Å². The Morgan fingerprint density at radius 1 is 1.17 bits per heavy atom. The number of aromatic amines is 1. The SMILES string of the molecule is C[C@@H]1CN(C(=O)C2CCN(Cn3[nH]c(-c4ccccc4)nc3=S)CC2)C[C@@H](C)O1. The van der Waals surface area contributed by atoms with Crippen LogP contribution in [0.15, 0.2) is 30.3 Å². The Morgan fingerprint density at radius 2 is 1.83 bits per heavy atom. The van der Waals surface area contributed by atoms with Crippen molar-refractivity contribution in [3.8, 4) is 11.4 Å². The van der Waals surface area contributed by atoms with E-state index in [9.17, 15) is 4.79 Å². The number of likely N-dealkylation sites (tertiary alicyclic amines) is 1. The topological polar surface area (TPSA) is 66.4 Å². The molecule has 2 fully saturated rings. The van der Waals surface area contributed by atoms with Gasteiger partial charge in [0.15, 0.2) is 5.82 Å². The number of morpholine rings is 1. The van der Waals surface area contributed by atoms with E-state index in [0.717, 1.165) is 37.3 Å². The van der Waals surface area contributed by atoms with Crippen molar-refractivity contribution in [3.05, 3.63) is 35.1 Å². The van der Waals surface area contributed by atoms with Crippen molar-refractivity contribution in [2.75, 3.05) is 26.2 Å². The summed E-state index contributed by atoms with van der Waals surface area (Å²) in [7, 11) is 0. The van der Waals surface area contributed by atoms with Crippen LogP contribution in [-0.4, -0.2) is 68.9 Å². The number of aromatic nitrogens is 3. The molecule has 1 N–H and O–H groups in total. The lowest BCUT2D eigenvalue weighted by Crippen LogP contribution is -2.51. The molecule has 0 saturated carbocycles. The van der Waals surface area contributed by atoms with Crippen molar-refractivity contribution >= 4 is 18.1 Å². The summed E-state index contributed by atoms with van der Waals surface area (Å²) in [4.78, 5) is 21.8. The smallest absolute Gasteiger partial charge is 0.225 e. The van der Waals surface area contributed by atoms with Gasteiger partial charge in [0.25, 0.3) is 0 Å². The number of amides is 1. The number of nitrogens with zero attached hydrogens (tertiary/aromatic N) is 4. The third-order valence-corrected chi connectivity index (χ3v) is 6.05. The number of carbonyl (C=O) groups is 1. The highest BCUT2D eigenvalue weighted by Crippen LogP contribution is 2.23. The molecule has 3 heterocycles. The van der Waals surface area contributed by atoms with Gasteiger partial charge in [-0.05, 0) is 38.9 Å². The van der Waals surface area contributed by atoms with Gasteiger partial charge in [-0.25, -0.2) is 4.68 Å². The summed E-state index contributed by atoms with van der Waals surface area (Å²) in [6.45, 7) is 7.92. The van der Waals surface area contributed by atoms with Gasteiger partial charge in [0.05, 0.1) is 18.9 Å². The highest BCUT2D eigenvalue weighted by Gasteiger charge is 2.32. The normalized spacial score (nSPS) is 24.0. The minimum absolute atomic E-state index is 0.110. The van der Waals surface area contributed by atoms with Crippen molar-refractivity contribution in [2.45, 2.75) is 45.6 Å². The maximum Gasteiger partial charge on any atom is 0.225 e. The Labute approximate surface area is 176 Å². The number of ether oxygens (including phenoxy) is 1. The number of rotatable bonds is 4. The molecule has 0 spiro atoms. The number of nitrogens with one attached hydrogen (secondary N) is 1. The van der Waals surface area contributed by atoms with Gasteiger partial charge in [-0.2, -0.15) is 4.98 Å². The lowest BCUT2D eigenvalue weighted by molar-refractivity contribution is -0.149. The molecule has 7 nitrogen and oxygen atoms in total. The van der Waals surface area contributed by atoms with Gasteiger partial charge >= 0.3 is 0 Å². The number of benzene rings is 1. The molecule has 1 aromatic carbocycles. The van der Waals surface area contributed by atoms with Crippen molar-refractivity contribution < 1.29 is 9.53 Å². The second-order valence-electron chi connectivity index (χ2n) is 8.18. The molecule has 4 rings (SSSR count). The molecule has 1 amide bonds. The van der Waals surface area contributed by atoms with Crippen LogP contribution < -0.4 is 0 Å². The minimum Gasteiger partial charge on any atom is -0.372 e. The highest BCUT2D eigenvalue weighted by atomic mass is 32.1. The molecule has 0 bridgehead atoms. The average Bonchev–Trinajstić information content (AvgIpc) is 3.08. The lowest BCUT2D eigenvalue weighted by Gasteiger charge is -2.39. The van der Waals surface area contributed by atoms with Crippen molar-refractivity contribution in [2.24, 2.45) is 5.92 Å². The predicted octanol–water partition coefficient (Wildman–Crippen LogP) is 2.91. The van der Waals surface area contributed by atoms with Crippen LogP contribution in [0.5, 0.6) is 0 Å². The number of hydrogen-bond acceptors (Lipinski definition) is 5. The molecule has 2 atom stereocenters. The Morgan fingerprint density at radius 3 is 2.48 bits per heavy atom. The van der Waals surface area contributed by atoms with Crippen molar-refractivity contribution in [3.63, 3.8) is 0 Å². The molecular weight excluding hydrogens is 386 g/mol. The van der Waals surface area contributed by atoms with E-state index in [4.69, 9.17) is 17.0 Å². The quantitative estimate of drug-likeness (QED) is 0.778. The lowest BCUT2D eigenvalue weighted by atomic mass is 9.95. The minimum atomic E-state index is 0.110. The third-order valence-electron chi connectivity index (χ3n) is 5.74. The molecule has 29 heavy (non-hydrogen) atoms. The molecule has 1 aromatic heterocycles. The summed E-state index contributed by atoms with van der Waals surface area (Å²) in [5.74, 6) is 1.19. The molecule has 2 aromatic rings. The van der Waals surface area contributed by atoms with Gasteiger partial charge < -0.3 is 9.64 Å². The van der Waals surface area contributed by atoms with E-state index in [2.05, 4.69) is 15.0 Å². The number of carbonyl (C=O) groups excluding carboxylic acids is 1. The molecular formula is C21H29N5O2S. The summed E-state index contributed by atoms with van der Waals surface area (Å²) in [5.41, 5.74) is 1.02. The van der Waals surface area contributed by atoms with Crippen LogP contribution >= 0.6 is 12.2 Å². The first-order chi connectivity index (χ1) is 14.0. The number of piperidine rings is 1. The standard InChI is InChI=1S/C21H29N5O2S/c1-15-12-25(13-16(2)28-15)20(27)18-8-10-24(11-9-18)14-26-21(29)22-19(23-26)17-6-4-3-5-7-17/h3-7,15-16,18H,8-14H2,1-2H3,(H,22,23,29)/t15-,16-/m1/s1. The molecule has 2 saturated heterocycles. The fraction of sp³-hybridized carbons (Fsp3) is 0.571. The summed E-state index contributed by atoms with van der Waals surface area (Å²) in [6.07, 6.45) is 1.99. The average molecular weight is 416 g/mol. The maximum atomic E-state index is 12.9. The van der Waals surface area contributed by atoms with E-state index in [-0.39, 0.29) is 24.0 Å². The molecule has 0 unspecified atom stereocenters. The monoisotopic (exact) mass is 415 g/mol. The second-order valence-corrected chi connectivity index (χ2v) is 8.55. The van der Waals surface area contributed by atoms with E-state index in [0.29, 0.717) is 24.5 Å².